The fourth-order valence-electron chi connectivity index (χ4n) is 0.161. The second-order valence-corrected chi connectivity index (χ2v) is 1.26. The Bertz CT molecular complexity index is 39.9. The molecule has 0 N–H and O–H groups in total. The van der Waals surface area contributed by atoms with E-state index in [2.05, 4.69) is 24.2 Å². The van der Waals surface area contributed by atoms with Gasteiger partial charge in [-0.05, 0) is 12.8 Å². The van der Waals surface area contributed by atoms with E-state index < -0.39 is 0 Å². The second-order valence-electron chi connectivity index (χ2n) is 0.972. The summed E-state index contributed by atoms with van der Waals surface area (Å²) in [6.45, 7) is 3.51. The average Bonchev–Trinajstić information content (AvgIpc) is 1.61. The predicted octanol–water partition coefficient (Wildman–Crippen LogP) is 1.83. The first-order chi connectivity index (χ1) is 2.91. The molecule has 0 nitrogen and oxygen atoms in total. The molecule has 0 bridgehead atoms. The quantitative estimate of drug-likeness (QED) is 0.295. The maximum atomic E-state index is 4.42. The van der Waals surface area contributed by atoms with E-state index in [1.807, 2.05) is 6.08 Å². The minimum Gasteiger partial charge on any atom is -0.103 e. The molecule has 0 heterocycles. The summed E-state index contributed by atoms with van der Waals surface area (Å²) in [5.41, 5.74) is 0. The van der Waals surface area contributed by atoms with E-state index in [1.54, 1.807) is 0 Å². The Balaban J connectivity index is 2.66. The van der Waals surface area contributed by atoms with Gasteiger partial charge in [-0.1, -0.05) is 18.3 Å². The van der Waals surface area contributed by atoms with Gasteiger partial charge in [0.05, 0.1) is 0 Å². The number of rotatable bonds is 3. The molecule has 0 aromatic rings. The van der Waals surface area contributed by atoms with Crippen molar-refractivity contribution in [3.05, 3.63) is 12.7 Å². The smallest absolute Gasteiger partial charge is 0.0294 e. The lowest BCUT2D eigenvalue weighted by atomic mass is 10.3. The normalized spacial score (nSPS) is 7.33. The number of thiocarbonyl (C=S) groups is 1. The van der Waals surface area contributed by atoms with Crippen LogP contribution in [0.3, 0.4) is 0 Å². The Morgan fingerprint density at radius 3 is 2.67 bits per heavy atom. The number of allylic oxidation sites excluding steroid dienone is 1. The van der Waals surface area contributed by atoms with Crippen LogP contribution in [0.15, 0.2) is 12.7 Å². The van der Waals surface area contributed by atoms with Gasteiger partial charge in [-0.3, -0.25) is 0 Å². The molecule has 0 saturated heterocycles. The van der Waals surface area contributed by atoms with Crippen molar-refractivity contribution in [3.8, 4) is 0 Å². The van der Waals surface area contributed by atoms with Crippen molar-refractivity contribution in [2.45, 2.75) is 12.8 Å². The number of hydrogen-bond donors (Lipinski definition) is 0. The summed E-state index contributed by atoms with van der Waals surface area (Å²) >= 11 is 4.42. The first kappa shape index (κ1) is 5.83. The monoisotopic (exact) mass is 99.0 g/mol. The van der Waals surface area contributed by atoms with Crippen LogP contribution in [0.4, 0.5) is 0 Å². The first-order valence-corrected chi connectivity index (χ1v) is 2.28. The van der Waals surface area contributed by atoms with Gasteiger partial charge in [0.1, 0.15) is 0 Å². The van der Waals surface area contributed by atoms with E-state index in [4.69, 9.17) is 0 Å². The molecular formula is C5H7S. The molecule has 1 radical (unpaired) electrons. The van der Waals surface area contributed by atoms with Gasteiger partial charge in [0.25, 0.3) is 0 Å². The van der Waals surface area contributed by atoms with Crippen LogP contribution in [0.5, 0.6) is 0 Å². The summed E-state index contributed by atoms with van der Waals surface area (Å²) in [6.07, 6.45) is 3.65. The van der Waals surface area contributed by atoms with Crippen molar-refractivity contribution in [1.29, 1.82) is 0 Å². The molecule has 0 aliphatic heterocycles. The predicted molar refractivity (Wildman–Crippen MR) is 32.0 cm³/mol. The molecule has 0 spiro atoms. The van der Waals surface area contributed by atoms with Crippen LogP contribution < -0.4 is 0 Å². The maximum Gasteiger partial charge on any atom is 0.0294 e. The zero-order valence-electron chi connectivity index (χ0n) is 3.61. The highest BCUT2D eigenvalue weighted by Crippen LogP contribution is 1.82. The third kappa shape index (κ3) is 3.83. The molecular weight excluding hydrogens is 92.1 g/mol. The van der Waals surface area contributed by atoms with Crippen molar-refractivity contribution in [3.63, 3.8) is 0 Å². The Hall–Kier alpha value is -0.170. The third-order valence-corrected chi connectivity index (χ3v) is 0.655. The molecule has 0 atom stereocenters. The molecule has 33 valence electrons. The fraction of sp³-hybridized carbons (Fsp3) is 0.400. The minimum atomic E-state index is 0.860. The largest absolute Gasteiger partial charge is 0.103 e. The highest BCUT2D eigenvalue weighted by molar-refractivity contribution is 7.78. The zero-order chi connectivity index (χ0) is 4.83. The summed E-state index contributed by atoms with van der Waals surface area (Å²) in [7, 11) is 0. The van der Waals surface area contributed by atoms with Gasteiger partial charge in [0.15, 0.2) is 0 Å². The highest BCUT2D eigenvalue weighted by atomic mass is 32.1. The Kier molecular flexibility index (Phi) is 4.69. The van der Waals surface area contributed by atoms with Crippen molar-refractivity contribution in [2.24, 2.45) is 0 Å². The Morgan fingerprint density at radius 2 is 2.50 bits per heavy atom. The lowest BCUT2D eigenvalue weighted by molar-refractivity contribution is 1.14. The second kappa shape index (κ2) is 4.83. The summed E-state index contributed by atoms with van der Waals surface area (Å²) in [4.78, 5) is 0. The molecule has 0 amide bonds. The highest BCUT2D eigenvalue weighted by Gasteiger charge is 1.68. The zero-order valence-corrected chi connectivity index (χ0v) is 4.42. The SMILES string of the molecule is C=CCC[C]=S. The summed E-state index contributed by atoms with van der Waals surface area (Å²) in [6, 6.07) is 0. The first-order valence-electron chi connectivity index (χ1n) is 1.87. The van der Waals surface area contributed by atoms with E-state index in [1.165, 1.54) is 0 Å². The molecule has 0 unspecified atom stereocenters. The molecule has 0 aliphatic carbocycles. The Labute approximate surface area is 43.9 Å². The number of hydrogen-bond acceptors (Lipinski definition) is 1. The molecule has 0 aromatic heterocycles. The van der Waals surface area contributed by atoms with Crippen LogP contribution in [-0.2, 0) is 0 Å². The van der Waals surface area contributed by atoms with Crippen molar-refractivity contribution < 1.29 is 0 Å². The van der Waals surface area contributed by atoms with Crippen molar-refractivity contribution in [2.75, 3.05) is 0 Å². The van der Waals surface area contributed by atoms with E-state index in [-0.39, 0.29) is 0 Å². The standard InChI is InChI=1S/C5H7S/c1-2-3-4-5-6/h2H,1,3-4H2. The third-order valence-electron chi connectivity index (χ3n) is 0.451. The Morgan fingerprint density at radius 1 is 1.83 bits per heavy atom. The van der Waals surface area contributed by atoms with E-state index in [0.717, 1.165) is 12.8 Å². The van der Waals surface area contributed by atoms with E-state index in [9.17, 15) is 0 Å². The molecule has 0 rings (SSSR count). The van der Waals surface area contributed by atoms with Gasteiger partial charge in [-0.15, -0.1) is 6.58 Å². The molecule has 0 aliphatic rings. The van der Waals surface area contributed by atoms with Crippen LogP contribution in [0, 0.1) is 0 Å². The van der Waals surface area contributed by atoms with Gasteiger partial charge < -0.3 is 0 Å². The summed E-state index contributed by atoms with van der Waals surface area (Å²) in [5.74, 6) is 0. The van der Waals surface area contributed by atoms with Gasteiger partial charge in [0.2, 0.25) is 0 Å². The van der Waals surface area contributed by atoms with Crippen LogP contribution in [0.1, 0.15) is 12.8 Å². The van der Waals surface area contributed by atoms with Crippen LogP contribution in [0.2, 0.25) is 0 Å². The number of unbranched alkanes of at least 4 members (excludes halogenated alkanes) is 1. The van der Waals surface area contributed by atoms with Crippen LogP contribution >= 0.6 is 12.2 Å². The van der Waals surface area contributed by atoms with Crippen LogP contribution in [-0.4, -0.2) is 5.37 Å². The van der Waals surface area contributed by atoms with Gasteiger partial charge in [-0.2, -0.15) is 0 Å². The molecule has 0 fully saturated rings. The lowest BCUT2D eigenvalue weighted by Crippen LogP contribution is -1.63. The summed E-state index contributed by atoms with van der Waals surface area (Å²) < 4.78 is 0. The summed E-state index contributed by atoms with van der Waals surface area (Å²) in [5, 5.41) is 2.58. The van der Waals surface area contributed by atoms with Gasteiger partial charge in [-0.25, -0.2) is 0 Å². The maximum absolute atomic E-state index is 4.42. The lowest BCUT2D eigenvalue weighted by Gasteiger charge is -1.74. The van der Waals surface area contributed by atoms with Gasteiger partial charge in [0, 0.05) is 5.37 Å². The van der Waals surface area contributed by atoms with Crippen LogP contribution in [0.25, 0.3) is 0 Å². The average molecular weight is 99.2 g/mol. The van der Waals surface area contributed by atoms with Crippen molar-refractivity contribution >= 4 is 17.6 Å². The molecule has 6 heavy (non-hydrogen) atoms. The fourth-order valence-corrected chi connectivity index (χ4v) is 0.279. The minimum absolute atomic E-state index is 0.860. The molecule has 1 heteroatoms. The molecule has 0 aromatic carbocycles. The van der Waals surface area contributed by atoms with E-state index >= 15 is 0 Å². The topological polar surface area (TPSA) is 0 Å². The van der Waals surface area contributed by atoms with Crippen molar-refractivity contribution in [1.82, 2.24) is 0 Å². The molecule has 0 saturated carbocycles. The van der Waals surface area contributed by atoms with Gasteiger partial charge >= 0.3 is 0 Å². The van der Waals surface area contributed by atoms with E-state index in [0.29, 0.717) is 0 Å².